The summed E-state index contributed by atoms with van der Waals surface area (Å²) in [6.45, 7) is 5.76. The van der Waals surface area contributed by atoms with Gasteiger partial charge < -0.3 is 10.0 Å². The van der Waals surface area contributed by atoms with Crippen molar-refractivity contribution in [2.45, 2.75) is 27.2 Å². The first-order valence-electron chi connectivity index (χ1n) is 5.04. The molecule has 0 aliphatic rings. The fourth-order valence-corrected chi connectivity index (χ4v) is 1.52. The Morgan fingerprint density at radius 2 is 1.69 bits per heavy atom. The first-order valence-corrected chi connectivity index (χ1v) is 5.04. The van der Waals surface area contributed by atoms with Crippen LogP contribution in [0, 0.1) is 17.0 Å². The smallest absolute Gasteiger partial charge is 0.423 e. The molecule has 0 bridgehead atoms. The third-order valence-corrected chi connectivity index (χ3v) is 2.16. The molecular formula is C11H15BF2O2. The van der Waals surface area contributed by atoms with Gasteiger partial charge in [0.25, 0.3) is 0 Å². The highest BCUT2D eigenvalue weighted by Gasteiger charge is 2.21. The van der Waals surface area contributed by atoms with Crippen molar-refractivity contribution < 1.29 is 18.8 Å². The molecule has 1 rings (SSSR count). The van der Waals surface area contributed by atoms with Gasteiger partial charge in [-0.3, -0.25) is 0 Å². The normalized spacial score (nSPS) is 11.7. The Morgan fingerprint density at radius 1 is 1.12 bits per heavy atom. The van der Waals surface area contributed by atoms with Crippen LogP contribution < -0.4 is 5.46 Å². The summed E-state index contributed by atoms with van der Waals surface area (Å²) in [5.41, 5.74) is -0.159. The summed E-state index contributed by atoms with van der Waals surface area (Å²) in [6.07, 6.45) is 0.402. The molecule has 0 spiro atoms. The molecule has 1 aromatic carbocycles. The lowest BCUT2D eigenvalue weighted by molar-refractivity contribution is 0.400. The van der Waals surface area contributed by atoms with Crippen LogP contribution in [0.4, 0.5) is 8.78 Å². The minimum absolute atomic E-state index is 0.156. The highest BCUT2D eigenvalue weighted by molar-refractivity contribution is 6.58. The molecule has 2 nitrogen and oxygen atoms in total. The maximum Gasteiger partial charge on any atom is 0.491 e. The predicted octanol–water partition coefficient (Wildman–Crippen LogP) is 1.23. The van der Waals surface area contributed by atoms with Crippen LogP contribution in [0.25, 0.3) is 0 Å². The number of rotatable bonds is 2. The lowest BCUT2D eigenvalue weighted by atomic mass is 9.77. The Kier molecular flexibility index (Phi) is 3.70. The van der Waals surface area contributed by atoms with Gasteiger partial charge in [-0.1, -0.05) is 26.8 Å². The van der Waals surface area contributed by atoms with Gasteiger partial charge in [0.05, 0.1) is 0 Å². The molecule has 2 N–H and O–H groups in total. The minimum atomic E-state index is -1.92. The van der Waals surface area contributed by atoms with Gasteiger partial charge in [0.15, 0.2) is 0 Å². The molecule has 0 aliphatic heterocycles. The molecule has 0 radical (unpaired) electrons. The Hall–Kier alpha value is -0.935. The third-order valence-electron chi connectivity index (χ3n) is 2.16. The molecule has 16 heavy (non-hydrogen) atoms. The number of halogens is 2. The van der Waals surface area contributed by atoms with Crippen LogP contribution in [0.2, 0.25) is 0 Å². The van der Waals surface area contributed by atoms with Gasteiger partial charge in [0, 0.05) is 11.5 Å². The fraction of sp³-hybridized carbons (Fsp3) is 0.455. The molecule has 0 atom stereocenters. The molecule has 1 aromatic rings. The fourth-order valence-electron chi connectivity index (χ4n) is 1.52. The molecule has 0 amide bonds. The van der Waals surface area contributed by atoms with Crippen LogP contribution >= 0.6 is 0 Å². The number of hydrogen-bond donors (Lipinski definition) is 2. The summed E-state index contributed by atoms with van der Waals surface area (Å²) in [5, 5.41) is 17.8. The van der Waals surface area contributed by atoms with E-state index >= 15 is 0 Å². The van der Waals surface area contributed by atoms with Crippen LogP contribution in [-0.4, -0.2) is 17.2 Å². The molecule has 0 saturated carbocycles. The van der Waals surface area contributed by atoms with Crippen molar-refractivity contribution in [3.8, 4) is 0 Å². The second-order valence-electron chi connectivity index (χ2n) is 5.08. The average Bonchev–Trinajstić information content (AvgIpc) is 2.07. The maximum atomic E-state index is 13.4. The Balaban J connectivity index is 3.15. The maximum absolute atomic E-state index is 13.4. The predicted molar refractivity (Wildman–Crippen MR) is 59.3 cm³/mol. The zero-order chi connectivity index (χ0) is 12.5. The summed E-state index contributed by atoms with van der Waals surface area (Å²) in [7, 11) is -1.92. The Labute approximate surface area is 94.1 Å². The van der Waals surface area contributed by atoms with E-state index in [1.807, 2.05) is 20.8 Å². The van der Waals surface area contributed by atoms with Crippen molar-refractivity contribution in [1.82, 2.24) is 0 Å². The van der Waals surface area contributed by atoms with Crippen molar-refractivity contribution in [2.75, 3.05) is 0 Å². The van der Waals surface area contributed by atoms with E-state index in [2.05, 4.69) is 0 Å². The second-order valence-corrected chi connectivity index (χ2v) is 5.08. The van der Waals surface area contributed by atoms with Crippen molar-refractivity contribution in [1.29, 1.82) is 0 Å². The van der Waals surface area contributed by atoms with Crippen LogP contribution in [0.15, 0.2) is 12.1 Å². The molecule has 0 heterocycles. The molecule has 0 fully saturated rings. The summed E-state index contributed by atoms with van der Waals surface area (Å²) in [6, 6.07) is 1.86. The standard InChI is InChI=1S/C11H15BF2O2/c1-11(2,3)6-7-4-8(12(15)16)10(14)5-9(7)13/h4-5,15-16H,6H2,1-3H3. The van der Waals surface area contributed by atoms with Gasteiger partial charge >= 0.3 is 7.12 Å². The number of hydrogen-bond acceptors (Lipinski definition) is 2. The SMILES string of the molecule is CC(C)(C)Cc1cc(B(O)O)c(F)cc1F. The molecule has 88 valence electrons. The lowest BCUT2D eigenvalue weighted by Crippen LogP contribution is -2.33. The van der Waals surface area contributed by atoms with E-state index in [0.717, 1.165) is 0 Å². The average molecular weight is 228 g/mol. The highest BCUT2D eigenvalue weighted by Crippen LogP contribution is 2.22. The summed E-state index contributed by atoms with van der Waals surface area (Å²) < 4.78 is 26.6. The van der Waals surface area contributed by atoms with Gasteiger partial charge in [0.2, 0.25) is 0 Å². The van der Waals surface area contributed by atoms with Crippen molar-refractivity contribution >= 4 is 12.6 Å². The molecule has 5 heteroatoms. The van der Waals surface area contributed by atoms with Gasteiger partial charge in [0.1, 0.15) is 11.6 Å². The summed E-state index contributed by atoms with van der Waals surface area (Å²) >= 11 is 0. The Bertz CT molecular complexity index is 386. The van der Waals surface area contributed by atoms with Crippen molar-refractivity contribution in [3.05, 3.63) is 29.3 Å². The second kappa shape index (κ2) is 4.51. The summed E-state index contributed by atoms with van der Waals surface area (Å²) in [4.78, 5) is 0. The van der Waals surface area contributed by atoms with Crippen LogP contribution in [0.3, 0.4) is 0 Å². The van der Waals surface area contributed by atoms with Crippen molar-refractivity contribution in [3.63, 3.8) is 0 Å². The van der Waals surface area contributed by atoms with E-state index in [1.54, 1.807) is 0 Å². The van der Waals surface area contributed by atoms with E-state index < -0.39 is 18.8 Å². The van der Waals surface area contributed by atoms with E-state index in [0.29, 0.717) is 12.5 Å². The largest absolute Gasteiger partial charge is 0.491 e. The van der Waals surface area contributed by atoms with Crippen LogP contribution in [0.5, 0.6) is 0 Å². The van der Waals surface area contributed by atoms with Crippen LogP contribution in [-0.2, 0) is 6.42 Å². The van der Waals surface area contributed by atoms with Gasteiger partial charge in [-0.15, -0.1) is 0 Å². The monoisotopic (exact) mass is 228 g/mol. The topological polar surface area (TPSA) is 40.5 Å². The van der Waals surface area contributed by atoms with E-state index in [1.165, 1.54) is 6.07 Å². The molecular weight excluding hydrogens is 213 g/mol. The first-order chi connectivity index (χ1) is 7.20. The molecule has 0 aromatic heterocycles. The van der Waals surface area contributed by atoms with E-state index in [9.17, 15) is 8.78 Å². The lowest BCUT2D eigenvalue weighted by Gasteiger charge is -2.19. The molecule has 0 aliphatic carbocycles. The Morgan fingerprint density at radius 3 is 2.12 bits per heavy atom. The zero-order valence-corrected chi connectivity index (χ0v) is 9.59. The third kappa shape index (κ3) is 3.28. The zero-order valence-electron chi connectivity index (χ0n) is 9.59. The van der Waals surface area contributed by atoms with Gasteiger partial charge in [-0.2, -0.15) is 0 Å². The van der Waals surface area contributed by atoms with E-state index in [4.69, 9.17) is 10.0 Å². The van der Waals surface area contributed by atoms with Gasteiger partial charge in [-0.25, -0.2) is 8.78 Å². The quantitative estimate of drug-likeness (QED) is 0.747. The van der Waals surface area contributed by atoms with Crippen LogP contribution in [0.1, 0.15) is 26.3 Å². The first kappa shape index (κ1) is 13.1. The van der Waals surface area contributed by atoms with E-state index in [-0.39, 0.29) is 16.4 Å². The molecule has 0 unspecified atom stereocenters. The number of benzene rings is 1. The minimum Gasteiger partial charge on any atom is -0.423 e. The molecule has 0 saturated heterocycles. The summed E-state index contributed by atoms with van der Waals surface area (Å²) in [5.74, 6) is -1.60. The van der Waals surface area contributed by atoms with Crippen molar-refractivity contribution in [2.24, 2.45) is 5.41 Å². The van der Waals surface area contributed by atoms with Gasteiger partial charge in [-0.05, 0) is 17.4 Å². The highest BCUT2D eigenvalue weighted by atomic mass is 19.1.